The number of piperazine rings is 1. The maximum Gasteiger partial charge on any atom is 0.261 e. The molecule has 1 aromatic carbocycles. The molecule has 1 aliphatic heterocycles. The van der Waals surface area contributed by atoms with Gasteiger partial charge in [-0.3, -0.25) is 4.79 Å². The van der Waals surface area contributed by atoms with Crippen LogP contribution in [0.25, 0.3) is 0 Å². The molecule has 0 radical (unpaired) electrons. The average molecular weight is 305 g/mol. The molecule has 1 aromatic rings. The summed E-state index contributed by atoms with van der Waals surface area (Å²) < 4.78 is 66.3. The van der Waals surface area contributed by atoms with E-state index in [0.717, 1.165) is 4.90 Å². The van der Waals surface area contributed by atoms with E-state index in [1.807, 2.05) is 0 Å². The summed E-state index contributed by atoms with van der Waals surface area (Å²) in [5.41, 5.74) is -1.55. The highest BCUT2D eigenvalue weighted by Crippen LogP contribution is 2.25. The molecule has 1 atom stereocenters. The van der Waals surface area contributed by atoms with Crippen LogP contribution in [0, 0.1) is 40.4 Å². The van der Waals surface area contributed by atoms with Crippen molar-refractivity contribution in [1.29, 1.82) is 5.26 Å². The molecule has 0 aliphatic carbocycles. The van der Waals surface area contributed by atoms with Gasteiger partial charge in [0.2, 0.25) is 5.82 Å². The van der Waals surface area contributed by atoms with Crippen molar-refractivity contribution in [2.75, 3.05) is 19.6 Å². The molecule has 2 rings (SSSR count). The summed E-state index contributed by atoms with van der Waals surface area (Å²) in [7, 11) is 0. The summed E-state index contributed by atoms with van der Waals surface area (Å²) in [6.45, 7) is 0.188. The number of carbonyl (C=O) groups is 1. The number of hydrogen-bond donors (Lipinski definition) is 1. The summed E-state index contributed by atoms with van der Waals surface area (Å²) in [6, 6.07) is 0.666. The lowest BCUT2D eigenvalue weighted by atomic mass is 10.1. The smallest absolute Gasteiger partial charge is 0.261 e. The molecule has 1 saturated heterocycles. The van der Waals surface area contributed by atoms with Crippen molar-refractivity contribution in [2.24, 2.45) is 0 Å². The molecule has 0 aromatic heterocycles. The lowest BCUT2D eigenvalue weighted by Gasteiger charge is -2.32. The summed E-state index contributed by atoms with van der Waals surface area (Å²) in [6.07, 6.45) is 0. The first-order chi connectivity index (χ1) is 9.90. The molecule has 9 heteroatoms. The second-order valence-corrected chi connectivity index (χ2v) is 4.29. The van der Waals surface area contributed by atoms with E-state index in [0.29, 0.717) is 0 Å². The van der Waals surface area contributed by atoms with Crippen molar-refractivity contribution < 1.29 is 26.7 Å². The van der Waals surface area contributed by atoms with Gasteiger partial charge in [-0.15, -0.1) is 0 Å². The molecule has 0 spiro atoms. The van der Waals surface area contributed by atoms with Crippen LogP contribution in [0.4, 0.5) is 22.0 Å². The van der Waals surface area contributed by atoms with Gasteiger partial charge >= 0.3 is 0 Å². The zero-order valence-electron chi connectivity index (χ0n) is 10.4. The van der Waals surface area contributed by atoms with Gasteiger partial charge in [0.05, 0.1) is 6.07 Å². The zero-order valence-corrected chi connectivity index (χ0v) is 10.4. The quantitative estimate of drug-likeness (QED) is 0.484. The van der Waals surface area contributed by atoms with Crippen LogP contribution in [0.2, 0.25) is 0 Å². The van der Waals surface area contributed by atoms with Crippen molar-refractivity contribution in [1.82, 2.24) is 10.2 Å². The Labute approximate surface area is 115 Å². The van der Waals surface area contributed by atoms with E-state index in [2.05, 4.69) is 5.32 Å². The maximum atomic E-state index is 13.6. The van der Waals surface area contributed by atoms with Gasteiger partial charge in [0.25, 0.3) is 5.91 Å². The number of nitrogens with zero attached hydrogens (tertiary/aromatic N) is 2. The number of rotatable bonds is 1. The van der Waals surface area contributed by atoms with Gasteiger partial charge in [-0.25, -0.2) is 22.0 Å². The molecule has 0 saturated carbocycles. The summed E-state index contributed by atoms with van der Waals surface area (Å²) in [5.74, 6) is -12.5. The Morgan fingerprint density at radius 3 is 2.14 bits per heavy atom. The van der Waals surface area contributed by atoms with Gasteiger partial charge < -0.3 is 10.2 Å². The zero-order chi connectivity index (χ0) is 15.7. The van der Waals surface area contributed by atoms with Crippen molar-refractivity contribution in [2.45, 2.75) is 6.04 Å². The first kappa shape index (κ1) is 15.2. The van der Waals surface area contributed by atoms with Crippen LogP contribution >= 0.6 is 0 Å². The molecule has 1 amide bonds. The molecule has 1 aliphatic rings. The Morgan fingerprint density at radius 2 is 1.62 bits per heavy atom. The van der Waals surface area contributed by atoms with Gasteiger partial charge in [0, 0.05) is 19.6 Å². The molecule has 1 N–H and O–H groups in total. The first-order valence-corrected chi connectivity index (χ1v) is 5.82. The van der Waals surface area contributed by atoms with Gasteiger partial charge in [-0.1, -0.05) is 0 Å². The SMILES string of the molecule is N#CC1CNCCN1C(=O)c1c(F)c(F)c(F)c(F)c1F. The number of hydrogen-bond acceptors (Lipinski definition) is 3. The van der Waals surface area contributed by atoms with E-state index in [1.54, 1.807) is 6.07 Å². The predicted octanol–water partition coefficient (Wildman–Crippen LogP) is 1.32. The Hall–Kier alpha value is -2.21. The third-order valence-electron chi connectivity index (χ3n) is 3.08. The van der Waals surface area contributed by atoms with Crippen LogP contribution in [-0.2, 0) is 0 Å². The lowest BCUT2D eigenvalue weighted by molar-refractivity contribution is 0.0673. The Balaban J connectivity index is 2.51. The largest absolute Gasteiger partial charge is 0.320 e. The third kappa shape index (κ3) is 2.42. The molecule has 21 heavy (non-hydrogen) atoms. The second-order valence-electron chi connectivity index (χ2n) is 4.29. The van der Waals surface area contributed by atoms with Gasteiger partial charge in [-0.05, 0) is 0 Å². The number of amides is 1. The molecule has 1 heterocycles. The molecule has 112 valence electrons. The van der Waals surface area contributed by atoms with Crippen molar-refractivity contribution >= 4 is 5.91 Å². The van der Waals surface area contributed by atoms with Gasteiger partial charge in [0.1, 0.15) is 11.6 Å². The number of nitriles is 1. The van der Waals surface area contributed by atoms with E-state index in [1.165, 1.54) is 0 Å². The highest BCUT2D eigenvalue weighted by atomic mass is 19.2. The summed E-state index contributed by atoms with van der Waals surface area (Å²) in [5, 5.41) is 11.6. The topological polar surface area (TPSA) is 56.1 Å². The molecular formula is C12H8F5N3O. The fraction of sp³-hybridized carbons (Fsp3) is 0.333. The van der Waals surface area contributed by atoms with E-state index in [4.69, 9.17) is 5.26 Å². The van der Waals surface area contributed by atoms with Crippen molar-refractivity contribution in [3.05, 3.63) is 34.6 Å². The van der Waals surface area contributed by atoms with Crippen LogP contribution in [0.15, 0.2) is 0 Å². The van der Waals surface area contributed by atoms with Crippen LogP contribution in [-0.4, -0.2) is 36.5 Å². The number of nitrogens with one attached hydrogen (secondary N) is 1. The first-order valence-electron chi connectivity index (χ1n) is 5.82. The maximum absolute atomic E-state index is 13.6. The average Bonchev–Trinajstić information content (AvgIpc) is 2.51. The van der Waals surface area contributed by atoms with Crippen LogP contribution in [0.5, 0.6) is 0 Å². The predicted molar refractivity (Wildman–Crippen MR) is 59.5 cm³/mol. The molecule has 1 unspecified atom stereocenters. The number of benzene rings is 1. The second kappa shape index (κ2) is 5.65. The minimum atomic E-state index is -2.33. The van der Waals surface area contributed by atoms with E-state index >= 15 is 0 Å². The molecule has 1 fully saturated rings. The van der Waals surface area contributed by atoms with E-state index in [9.17, 15) is 26.7 Å². The van der Waals surface area contributed by atoms with Gasteiger partial charge in [-0.2, -0.15) is 5.26 Å². The van der Waals surface area contributed by atoms with Crippen LogP contribution in [0.3, 0.4) is 0 Å². The minimum absolute atomic E-state index is 0.0393. The fourth-order valence-corrected chi connectivity index (χ4v) is 2.00. The lowest BCUT2D eigenvalue weighted by Crippen LogP contribution is -2.53. The molecule has 0 bridgehead atoms. The Kier molecular flexibility index (Phi) is 4.09. The van der Waals surface area contributed by atoms with E-state index < -0.39 is 46.6 Å². The number of halogens is 5. The highest BCUT2D eigenvalue weighted by Gasteiger charge is 2.35. The fourth-order valence-electron chi connectivity index (χ4n) is 2.00. The highest BCUT2D eigenvalue weighted by molar-refractivity contribution is 5.95. The normalized spacial score (nSPS) is 18.5. The van der Waals surface area contributed by atoms with E-state index in [-0.39, 0.29) is 19.6 Å². The molecular weight excluding hydrogens is 297 g/mol. The van der Waals surface area contributed by atoms with Crippen molar-refractivity contribution in [3.8, 4) is 6.07 Å². The Bertz CT molecular complexity index is 614. The monoisotopic (exact) mass is 305 g/mol. The third-order valence-corrected chi connectivity index (χ3v) is 3.08. The van der Waals surface area contributed by atoms with Crippen molar-refractivity contribution in [3.63, 3.8) is 0 Å². The van der Waals surface area contributed by atoms with Gasteiger partial charge in [0.15, 0.2) is 23.3 Å². The van der Waals surface area contributed by atoms with Crippen LogP contribution in [0.1, 0.15) is 10.4 Å². The minimum Gasteiger partial charge on any atom is -0.320 e. The summed E-state index contributed by atoms with van der Waals surface area (Å²) >= 11 is 0. The van der Waals surface area contributed by atoms with Crippen LogP contribution < -0.4 is 5.32 Å². The standard InChI is InChI=1S/C12H8F5N3O/c13-7-6(8(14)10(16)11(17)9(7)15)12(21)20-2-1-19-4-5(20)3-18/h5,19H,1-2,4H2. The number of carbonyl (C=O) groups excluding carboxylic acids is 1. The Morgan fingerprint density at radius 1 is 1.10 bits per heavy atom. The molecule has 4 nitrogen and oxygen atoms in total. The summed E-state index contributed by atoms with van der Waals surface area (Å²) in [4.78, 5) is 12.8.